The summed E-state index contributed by atoms with van der Waals surface area (Å²) in [6, 6.07) is 14.0. The van der Waals surface area contributed by atoms with Gasteiger partial charge in [-0.05, 0) is 61.6 Å². The first-order valence-corrected chi connectivity index (χ1v) is 11.2. The van der Waals surface area contributed by atoms with Crippen LogP contribution < -0.4 is 10.2 Å². The SMILES string of the molecule is CC1CCN(c2nc3ccn(CC4(F)CCNC4)c3cc2-c2ccc(C#N)cc2)CC1. The summed E-state index contributed by atoms with van der Waals surface area (Å²) in [7, 11) is 0. The molecule has 1 unspecified atom stereocenters. The molecule has 1 atom stereocenters. The van der Waals surface area contributed by atoms with Crippen LogP contribution in [0.15, 0.2) is 42.6 Å². The fraction of sp³-hybridized carbons (Fsp3) is 0.440. The van der Waals surface area contributed by atoms with Gasteiger partial charge in [-0.15, -0.1) is 0 Å². The molecule has 1 N–H and O–H groups in total. The van der Waals surface area contributed by atoms with Gasteiger partial charge in [0.25, 0.3) is 0 Å². The van der Waals surface area contributed by atoms with E-state index >= 15 is 4.39 Å². The first-order chi connectivity index (χ1) is 15.0. The second-order valence-corrected chi connectivity index (χ2v) is 9.14. The van der Waals surface area contributed by atoms with E-state index in [1.54, 1.807) is 0 Å². The minimum Gasteiger partial charge on any atom is -0.356 e. The average Bonchev–Trinajstić information content (AvgIpc) is 3.39. The lowest BCUT2D eigenvalue weighted by molar-refractivity contribution is 0.164. The second-order valence-electron chi connectivity index (χ2n) is 9.14. The van der Waals surface area contributed by atoms with Crippen LogP contribution >= 0.6 is 0 Å². The number of aromatic nitrogens is 2. The van der Waals surface area contributed by atoms with E-state index in [-0.39, 0.29) is 0 Å². The Morgan fingerprint density at radius 3 is 2.68 bits per heavy atom. The van der Waals surface area contributed by atoms with Crippen molar-refractivity contribution in [1.29, 1.82) is 5.26 Å². The highest BCUT2D eigenvalue weighted by atomic mass is 19.1. The molecule has 2 aromatic heterocycles. The molecule has 0 saturated carbocycles. The Morgan fingerprint density at radius 1 is 1.23 bits per heavy atom. The zero-order chi connectivity index (χ0) is 21.4. The number of fused-ring (bicyclic) bond motifs is 1. The lowest BCUT2D eigenvalue weighted by Crippen LogP contribution is -2.34. The monoisotopic (exact) mass is 417 g/mol. The average molecular weight is 418 g/mol. The lowest BCUT2D eigenvalue weighted by atomic mass is 9.97. The molecule has 0 amide bonds. The number of benzene rings is 1. The Kier molecular flexibility index (Phi) is 5.15. The van der Waals surface area contributed by atoms with E-state index < -0.39 is 5.67 Å². The molecule has 0 bridgehead atoms. The van der Waals surface area contributed by atoms with Crippen LogP contribution in [0.1, 0.15) is 31.7 Å². The molecular weight excluding hydrogens is 389 g/mol. The number of nitriles is 1. The zero-order valence-electron chi connectivity index (χ0n) is 17.9. The van der Waals surface area contributed by atoms with Crippen molar-refractivity contribution >= 4 is 16.9 Å². The topological polar surface area (TPSA) is 56.9 Å². The van der Waals surface area contributed by atoms with Crippen molar-refractivity contribution in [3.05, 3.63) is 48.2 Å². The van der Waals surface area contributed by atoms with E-state index in [9.17, 15) is 5.26 Å². The Labute approximate surface area is 182 Å². The predicted molar refractivity (Wildman–Crippen MR) is 122 cm³/mol. The van der Waals surface area contributed by atoms with Gasteiger partial charge in [-0.25, -0.2) is 9.37 Å². The van der Waals surface area contributed by atoms with Crippen molar-refractivity contribution in [3.63, 3.8) is 0 Å². The number of nitrogens with zero attached hydrogens (tertiary/aromatic N) is 4. The highest BCUT2D eigenvalue weighted by Gasteiger charge is 2.34. The van der Waals surface area contributed by atoms with Gasteiger partial charge in [0.15, 0.2) is 0 Å². The molecular formula is C25H28FN5. The summed E-state index contributed by atoms with van der Waals surface area (Å²) in [6.07, 6.45) is 4.81. The standard InChI is InChI=1S/C25H28FN5/c1-18-6-11-30(12-7-18)24-21(20-4-2-19(15-27)3-5-20)14-23-22(29-24)8-13-31(23)17-25(26)9-10-28-16-25/h2-5,8,13-14,18,28H,6-7,9-12,16-17H2,1H3. The Hall–Kier alpha value is -2.91. The maximum atomic E-state index is 15.2. The molecule has 31 heavy (non-hydrogen) atoms. The van der Waals surface area contributed by atoms with Crippen molar-refractivity contribution in [2.24, 2.45) is 5.92 Å². The first-order valence-electron chi connectivity index (χ1n) is 11.2. The fourth-order valence-electron chi connectivity index (χ4n) is 4.79. The van der Waals surface area contributed by atoms with Gasteiger partial charge in [0.05, 0.1) is 29.2 Å². The molecule has 0 spiro atoms. The molecule has 0 radical (unpaired) electrons. The summed E-state index contributed by atoms with van der Waals surface area (Å²) in [5.41, 5.74) is 3.36. The molecule has 5 nitrogen and oxygen atoms in total. The maximum absolute atomic E-state index is 15.2. The number of anilines is 1. The maximum Gasteiger partial charge on any atom is 0.142 e. The zero-order valence-corrected chi connectivity index (χ0v) is 17.9. The van der Waals surface area contributed by atoms with Crippen molar-refractivity contribution < 1.29 is 4.39 Å². The van der Waals surface area contributed by atoms with Crippen LogP contribution in [0.4, 0.5) is 10.2 Å². The van der Waals surface area contributed by atoms with E-state index in [1.165, 1.54) is 0 Å². The number of pyridine rings is 1. The van der Waals surface area contributed by atoms with Crippen molar-refractivity contribution in [3.8, 4) is 17.2 Å². The fourth-order valence-corrected chi connectivity index (χ4v) is 4.79. The third-order valence-electron chi connectivity index (χ3n) is 6.79. The molecule has 2 fully saturated rings. The largest absolute Gasteiger partial charge is 0.356 e. The van der Waals surface area contributed by atoms with Gasteiger partial charge >= 0.3 is 0 Å². The predicted octanol–water partition coefficient (Wildman–Crippen LogP) is 4.51. The van der Waals surface area contributed by atoms with Crippen molar-refractivity contribution in [1.82, 2.24) is 14.9 Å². The van der Waals surface area contributed by atoms with Crippen LogP contribution in [0.25, 0.3) is 22.2 Å². The van der Waals surface area contributed by atoms with Crippen LogP contribution in [0.5, 0.6) is 0 Å². The molecule has 2 saturated heterocycles. The van der Waals surface area contributed by atoms with E-state index in [1.807, 2.05) is 41.1 Å². The van der Waals surface area contributed by atoms with E-state index in [2.05, 4.69) is 29.3 Å². The van der Waals surface area contributed by atoms with Gasteiger partial charge in [-0.3, -0.25) is 0 Å². The molecule has 2 aliphatic heterocycles. The molecule has 1 aromatic carbocycles. The number of hydrogen-bond acceptors (Lipinski definition) is 4. The molecule has 0 aliphatic carbocycles. The number of rotatable bonds is 4. The molecule has 6 heteroatoms. The van der Waals surface area contributed by atoms with Gasteiger partial charge in [0.1, 0.15) is 11.5 Å². The van der Waals surface area contributed by atoms with Gasteiger partial charge < -0.3 is 14.8 Å². The van der Waals surface area contributed by atoms with Crippen molar-refractivity contribution in [2.45, 2.75) is 38.4 Å². The van der Waals surface area contributed by atoms with Crippen molar-refractivity contribution in [2.75, 3.05) is 31.1 Å². The number of nitrogens with one attached hydrogen (secondary N) is 1. The summed E-state index contributed by atoms with van der Waals surface area (Å²) in [6.45, 7) is 5.74. The Bertz CT molecular complexity index is 1110. The summed E-state index contributed by atoms with van der Waals surface area (Å²) in [4.78, 5) is 7.44. The third kappa shape index (κ3) is 3.90. The molecule has 2 aliphatic rings. The highest BCUT2D eigenvalue weighted by Crippen LogP contribution is 2.36. The molecule has 4 heterocycles. The van der Waals surface area contributed by atoms with E-state index in [0.29, 0.717) is 25.1 Å². The van der Waals surface area contributed by atoms with Gasteiger partial charge in [0.2, 0.25) is 0 Å². The minimum absolute atomic E-state index is 0.332. The number of piperidine rings is 1. The molecule has 5 rings (SSSR count). The Morgan fingerprint density at radius 2 is 2.00 bits per heavy atom. The van der Waals surface area contributed by atoms with Crippen LogP contribution in [0.2, 0.25) is 0 Å². The quantitative estimate of drug-likeness (QED) is 0.678. The third-order valence-corrected chi connectivity index (χ3v) is 6.79. The van der Waals surface area contributed by atoms with E-state index in [4.69, 9.17) is 4.98 Å². The number of alkyl halides is 1. The summed E-state index contributed by atoms with van der Waals surface area (Å²) in [5.74, 6) is 1.72. The van der Waals surface area contributed by atoms with Crippen LogP contribution in [-0.2, 0) is 6.54 Å². The van der Waals surface area contributed by atoms with Crippen LogP contribution in [0, 0.1) is 17.2 Å². The normalized spacial score (nSPS) is 22.2. The molecule has 3 aromatic rings. The smallest absolute Gasteiger partial charge is 0.142 e. The van der Waals surface area contributed by atoms with Gasteiger partial charge in [0, 0.05) is 31.4 Å². The lowest BCUT2D eigenvalue weighted by Gasteiger charge is -2.32. The van der Waals surface area contributed by atoms with Gasteiger partial charge in [-0.1, -0.05) is 19.1 Å². The second kappa shape index (κ2) is 7.97. The highest BCUT2D eigenvalue weighted by molar-refractivity contribution is 5.88. The number of hydrogen-bond donors (Lipinski definition) is 1. The van der Waals surface area contributed by atoms with Crippen LogP contribution in [0.3, 0.4) is 0 Å². The summed E-state index contributed by atoms with van der Waals surface area (Å²) < 4.78 is 17.2. The summed E-state index contributed by atoms with van der Waals surface area (Å²) >= 11 is 0. The minimum atomic E-state index is -1.22. The number of halogens is 1. The first kappa shape index (κ1) is 20.0. The van der Waals surface area contributed by atoms with E-state index in [0.717, 1.165) is 66.4 Å². The Balaban J connectivity index is 1.59. The van der Waals surface area contributed by atoms with Gasteiger partial charge in [-0.2, -0.15) is 5.26 Å². The summed E-state index contributed by atoms with van der Waals surface area (Å²) in [5, 5.41) is 12.3. The molecule has 160 valence electrons. The van der Waals surface area contributed by atoms with Crippen LogP contribution in [-0.4, -0.2) is 41.4 Å².